The van der Waals surface area contributed by atoms with Gasteiger partial charge in [-0.05, 0) is 5.92 Å². The Balaban J connectivity index is 2.39. The first-order chi connectivity index (χ1) is 7.18. The molecule has 2 heterocycles. The number of carboxylic acid groups (broad SMARTS) is 1. The quantitative estimate of drug-likeness (QED) is 0.820. The summed E-state index contributed by atoms with van der Waals surface area (Å²) in [7, 11) is 0. The van der Waals surface area contributed by atoms with Gasteiger partial charge in [-0.25, -0.2) is 4.52 Å². The Morgan fingerprint density at radius 1 is 1.60 bits per heavy atom. The number of nitrogens with zero attached hydrogens (tertiary/aromatic N) is 3. The van der Waals surface area contributed by atoms with Crippen LogP contribution >= 0.6 is 0 Å². The molecule has 0 saturated heterocycles. The van der Waals surface area contributed by atoms with Crippen molar-refractivity contribution < 1.29 is 9.90 Å². The van der Waals surface area contributed by atoms with Gasteiger partial charge < -0.3 is 5.11 Å². The van der Waals surface area contributed by atoms with Crippen LogP contribution in [0.3, 0.4) is 0 Å². The number of hydrogen-bond acceptors (Lipinski definition) is 3. The first-order valence-corrected chi connectivity index (χ1v) is 4.67. The molecule has 78 valence electrons. The van der Waals surface area contributed by atoms with Gasteiger partial charge in [-0.3, -0.25) is 9.78 Å². The Morgan fingerprint density at radius 2 is 2.40 bits per heavy atom. The topological polar surface area (TPSA) is 67.5 Å². The van der Waals surface area contributed by atoms with Crippen LogP contribution in [0.5, 0.6) is 0 Å². The van der Waals surface area contributed by atoms with E-state index < -0.39 is 5.97 Å². The van der Waals surface area contributed by atoms with Crippen LogP contribution in [0.4, 0.5) is 0 Å². The summed E-state index contributed by atoms with van der Waals surface area (Å²) in [6, 6.07) is 0. The molecule has 0 amide bonds. The van der Waals surface area contributed by atoms with Crippen molar-refractivity contribution >= 4 is 11.5 Å². The third-order valence-electron chi connectivity index (χ3n) is 2.37. The highest BCUT2D eigenvalue weighted by atomic mass is 16.4. The van der Waals surface area contributed by atoms with Crippen molar-refractivity contribution in [3.8, 4) is 0 Å². The van der Waals surface area contributed by atoms with E-state index in [1.807, 2.05) is 6.92 Å². The fraction of sp³-hybridized carbons (Fsp3) is 0.300. The molecule has 0 spiro atoms. The van der Waals surface area contributed by atoms with Gasteiger partial charge in [-0.2, -0.15) is 5.10 Å². The highest BCUT2D eigenvalue weighted by molar-refractivity contribution is 5.69. The molecule has 5 nitrogen and oxygen atoms in total. The van der Waals surface area contributed by atoms with Crippen molar-refractivity contribution in [1.29, 1.82) is 0 Å². The molecule has 1 atom stereocenters. The molecular formula is C10H11N3O2. The zero-order valence-corrected chi connectivity index (χ0v) is 8.29. The summed E-state index contributed by atoms with van der Waals surface area (Å²) < 4.78 is 1.70. The Morgan fingerprint density at radius 3 is 3.13 bits per heavy atom. The van der Waals surface area contributed by atoms with Gasteiger partial charge in [-0.1, -0.05) is 6.92 Å². The second-order valence-corrected chi connectivity index (χ2v) is 3.50. The van der Waals surface area contributed by atoms with E-state index in [-0.39, 0.29) is 12.3 Å². The van der Waals surface area contributed by atoms with E-state index >= 15 is 0 Å². The van der Waals surface area contributed by atoms with Crippen LogP contribution in [0.1, 0.15) is 24.8 Å². The van der Waals surface area contributed by atoms with Gasteiger partial charge in [0.05, 0.1) is 24.3 Å². The smallest absolute Gasteiger partial charge is 0.303 e. The number of aliphatic carboxylic acids is 1. The van der Waals surface area contributed by atoms with Gasteiger partial charge in [0.2, 0.25) is 0 Å². The minimum absolute atomic E-state index is 0.0517. The lowest BCUT2D eigenvalue weighted by Crippen LogP contribution is -2.02. The number of carbonyl (C=O) groups is 1. The lowest BCUT2D eigenvalue weighted by molar-refractivity contribution is -0.137. The van der Waals surface area contributed by atoms with Gasteiger partial charge in [0, 0.05) is 18.0 Å². The largest absolute Gasteiger partial charge is 0.481 e. The predicted molar refractivity (Wildman–Crippen MR) is 53.7 cm³/mol. The van der Waals surface area contributed by atoms with Gasteiger partial charge in [-0.15, -0.1) is 0 Å². The first kappa shape index (κ1) is 9.64. The first-order valence-electron chi connectivity index (χ1n) is 4.67. The summed E-state index contributed by atoms with van der Waals surface area (Å²) in [5.74, 6) is -0.852. The molecule has 2 rings (SSSR count). The maximum atomic E-state index is 10.6. The highest BCUT2D eigenvalue weighted by Crippen LogP contribution is 2.22. The molecule has 0 aromatic carbocycles. The molecule has 15 heavy (non-hydrogen) atoms. The Hall–Kier alpha value is -1.91. The molecule has 1 N–H and O–H groups in total. The van der Waals surface area contributed by atoms with E-state index in [4.69, 9.17) is 5.11 Å². The Bertz CT molecular complexity index is 492. The molecule has 0 aliphatic rings. The second-order valence-electron chi connectivity index (χ2n) is 3.50. The average Bonchev–Trinajstić information content (AvgIpc) is 2.59. The van der Waals surface area contributed by atoms with E-state index in [1.54, 1.807) is 29.3 Å². The summed E-state index contributed by atoms with van der Waals surface area (Å²) in [4.78, 5) is 14.6. The fourth-order valence-corrected chi connectivity index (χ4v) is 1.60. The van der Waals surface area contributed by atoms with Crippen molar-refractivity contribution in [2.24, 2.45) is 0 Å². The molecule has 0 aliphatic carbocycles. The minimum atomic E-state index is -0.800. The van der Waals surface area contributed by atoms with Crippen molar-refractivity contribution in [3.63, 3.8) is 0 Å². The molecule has 2 aromatic heterocycles. The summed E-state index contributed by atoms with van der Waals surface area (Å²) >= 11 is 0. The lowest BCUT2D eigenvalue weighted by atomic mass is 10.00. The van der Waals surface area contributed by atoms with Crippen molar-refractivity contribution in [1.82, 2.24) is 14.6 Å². The molecule has 0 aliphatic heterocycles. The van der Waals surface area contributed by atoms with Crippen LogP contribution < -0.4 is 0 Å². The third kappa shape index (κ3) is 1.81. The summed E-state index contributed by atoms with van der Waals surface area (Å²) in [6.45, 7) is 1.87. The normalized spacial score (nSPS) is 12.9. The van der Waals surface area contributed by atoms with Crippen molar-refractivity contribution in [3.05, 3.63) is 30.4 Å². The van der Waals surface area contributed by atoms with Crippen molar-refractivity contribution in [2.45, 2.75) is 19.3 Å². The summed E-state index contributed by atoms with van der Waals surface area (Å²) in [6.07, 6.45) is 6.89. The SMILES string of the molecule is CC(CC(=O)O)c1cnn2ccncc12. The van der Waals surface area contributed by atoms with Gasteiger partial charge >= 0.3 is 5.97 Å². The number of aromatic nitrogens is 3. The van der Waals surface area contributed by atoms with E-state index in [9.17, 15) is 4.79 Å². The molecule has 0 fully saturated rings. The van der Waals surface area contributed by atoms with Crippen LogP contribution in [0.2, 0.25) is 0 Å². The van der Waals surface area contributed by atoms with Crippen LogP contribution in [-0.4, -0.2) is 25.7 Å². The lowest BCUT2D eigenvalue weighted by Gasteiger charge is -2.05. The fourth-order valence-electron chi connectivity index (χ4n) is 1.60. The average molecular weight is 205 g/mol. The van der Waals surface area contributed by atoms with Gasteiger partial charge in [0.1, 0.15) is 0 Å². The van der Waals surface area contributed by atoms with Crippen LogP contribution in [0.25, 0.3) is 5.52 Å². The van der Waals surface area contributed by atoms with Crippen molar-refractivity contribution in [2.75, 3.05) is 0 Å². The molecule has 5 heteroatoms. The second kappa shape index (κ2) is 3.68. The molecule has 0 saturated carbocycles. The number of carboxylic acids is 1. The van der Waals surface area contributed by atoms with Gasteiger partial charge in [0.25, 0.3) is 0 Å². The van der Waals surface area contributed by atoms with E-state index in [0.29, 0.717) is 0 Å². The van der Waals surface area contributed by atoms with E-state index in [2.05, 4.69) is 10.1 Å². The number of fused-ring (bicyclic) bond motifs is 1. The van der Waals surface area contributed by atoms with Crippen LogP contribution in [-0.2, 0) is 4.79 Å². The van der Waals surface area contributed by atoms with Crippen LogP contribution in [0.15, 0.2) is 24.8 Å². The standard InChI is InChI=1S/C10H11N3O2/c1-7(4-10(14)15)8-5-12-13-3-2-11-6-9(8)13/h2-3,5-7H,4H2,1H3,(H,14,15). The number of hydrogen-bond donors (Lipinski definition) is 1. The summed E-state index contributed by atoms with van der Waals surface area (Å²) in [5.41, 5.74) is 1.79. The van der Waals surface area contributed by atoms with Crippen LogP contribution in [0, 0.1) is 0 Å². The third-order valence-corrected chi connectivity index (χ3v) is 2.37. The minimum Gasteiger partial charge on any atom is -0.481 e. The molecule has 0 bridgehead atoms. The predicted octanol–water partition coefficient (Wildman–Crippen LogP) is 1.31. The maximum Gasteiger partial charge on any atom is 0.303 e. The zero-order valence-electron chi connectivity index (χ0n) is 8.29. The van der Waals surface area contributed by atoms with E-state index in [0.717, 1.165) is 11.1 Å². The molecular weight excluding hydrogens is 194 g/mol. The Labute approximate surface area is 86.4 Å². The maximum absolute atomic E-state index is 10.6. The zero-order chi connectivity index (χ0) is 10.8. The number of rotatable bonds is 3. The monoisotopic (exact) mass is 205 g/mol. The highest BCUT2D eigenvalue weighted by Gasteiger charge is 2.14. The van der Waals surface area contributed by atoms with E-state index in [1.165, 1.54) is 0 Å². The van der Waals surface area contributed by atoms with Gasteiger partial charge in [0.15, 0.2) is 0 Å². The molecule has 0 radical (unpaired) electrons. The molecule has 1 unspecified atom stereocenters. The Kier molecular flexibility index (Phi) is 2.37. The summed E-state index contributed by atoms with van der Waals surface area (Å²) in [5, 5.41) is 12.8. The molecule has 2 aromatic rings.